The van der Waals surface area contributed by atoms with Crippen molar-refractivity contribution in [3.05, 3.63) is 32.3 Å². The van der Waals surface area contributed by atoms with Crippen LogP contribution in [0.1, 0.15) is 5.56 Å². The number of nitrogens with zero attached hydrogens (tertiary/aromatic N) is 1. The predicted molar refractivity (Wildman–Crippen MR) is 70.1 cm³/mol. The Hall–Kier alpha value is -0.850. The number of benzene rings is 1. The van der Waals surface area contributed by atoms with E-state index in [-0.39, 0.29) is 24.2 Å². The second-order valence-corrected chi connectivity index (χ2v) is 4.58. The van der Waals surface area contributed by atoms with Gasteiger partial charge < -0.3 is 10.1 Å². The molecule has 1 N–H and O–H groups in total. The minimum atomic E-state index is -0.416. The largest absolute Gasteiger partial charge is 0.481 e. The molecule has 1 fully saturated rings. The van der Waals surface area contributed by atoms with Gasteiger partial charge in [0, 0.05) is 29.7 Å². The number of halogens is 2. The van der Waals surface area contributed by atoms with E-state index in [0.29, 0.717) is 5.75 Å². The highest BCUT2D eigenvalue weighted by Gasteiger charge is 2.24. The van der Waals surface area contributed by atoms with Gasteiger partial charge >= 0.3 is 5.69 Å². The molecule has 0 atom stereocenters. The molecular formula is C10H12BrClN2O3. The monoisotopic (exact) mass is 322 g/mol. The van der Waals surface area contributed by atoms with Crippen LogP contribution >= 0.6 is 28.3 Å². The summed E-state index contributed by atoms with van der Waals surface area (Å²) in [6, 6.07) is 3.18. The number of rotatable bonds is 3. The molecule has 17 heavy (non-hydrogen) atoms. The molecule has 0 aliphatic carbocycles. The van der Waals surface area contributed by atoms with Crippen LogP contribution in [0.15, 0.2) is 16.6 Å². The van der Waals surface area contributed by atoms with Crippen LogP contribution in [0.3, 0.4) is 0 Å². The van der Waals surface area contributed by atoms with Crippen LogP contribution in [0.5, 0.6) is 5.75 Å². The Balaban J connectivity index is 0.00000144. The van der Waals surface area contributed by atoms with Crippen molar-refractivity contribution in [2.24, 2.45) is 0 Å². The van der Waals surface area contributed by atoms with E-state index in [2.05, 4.69) is 21.2 Å². The normalized spacial score (nSPS) is 14.7. The molecule has 1 aromatic carbocycles. The summed E-state index contributed by atoms with van der Waals surface area (Å²) in [6.45, 7) is 3.29. The van der Waals surface area contributed by atoms with Crippen molar-refractivity contribution in [3.63, 3.8) is 0 Å². The first-order chi connectivity index (χ1) is 7.58. The highest BCUT2D eigenvalue weighted by molar-refractivity contribution is 9.10. The molecule has 1 aromatic rings. The molecule has 0 spiro atoms. The van der Waals surface area contributed by atoms with Crippen molar-refractivity contribution >= 4 is 34.0 Å². The van der Waals surface area contributed by atoms with E-state index in [1.54, 1.807) is 6.07 Å². The Morgan fingerprint density at radius 1 is 1.53 bits per heavy atom. The average molecular weight is 324 g/mol. The maximum atomic E-state index is 10.9. The zero-order valence-electron chi connectivity index (χ0n) is 9.10. The van der Waals surface area contributed by atoms with E-state index in [1.807, 2.05) is 6.92 Å². The Morgan fingerprint density at radius 3 is 2.65 bits per heavy atom. The van der Waals surface area contributed by atoms with Gasteiger partial charge in [-0.15, -0.1) is 12.4 Å². The van der Waals surface area contributed by atoms with E-state index >= 15 is 0 Å². The SMILES string of the molecule is Cc1cc([N+](=O)[O-])c(OC2CNC2)cc1Br.Cl. The summed E-state index contributed by atoms with van der Waals surface area (Å²) >= 11 is 3.34. The van der Waals surface area contributed by atoms with Crippen molar-refractivity contribution in [2.75, 3.05) is 13.1 Å². The summed E-state index contributed by atoms with van der Waals surface area (Å²) in [7, 11) is 0. The minimum absolute atomic E-state index is 0. The summed E-state index contributed by atoms with van der Waals surface area (Å²) in [5.74, 6) is 0.328. The number of nitro benzene ring substituents is 1. The minimum Gasteiger partial charge on any atom is -0.481 e. The van der Waals surface area contributed by atoms with Crippen molar-refractivity contribution in [1.29, 1.82) is 0 Å². The lowest BCUT2D eigenvalue weighted by Crippen LogP contribution is -2.50. The van der Waals surface area contributed by atoms with Crippen LogP contribution in [0.4, 0.5) is 5.69 Å². The molecule has 7 heteroatoms. The second kappa shape index (κ2) is 5.66. The van der Waals surface area contributed by atoms with Crippen LogP contribution in [-0.2, 0) is 0 Å². The third-order valence-electron chi connectivity index (χ3n) is 2.47. The number of nitro groups is 1. The second-order valence-electron chi connectivity index (χ2n) is 3.72. The maximum absolute atomic E-state index is 10.9. The molecule has 1 aliphatic heterocycles. The average Bonchev–Trinajstić information content (AvgIpc) is 2.16. The van der Waals surface area contributed by atoms with Crippen molar-refractivity contribution < 1.29 is 9.66 Å². The van der Waals surface area contributed by atoms with Gasteiger partial charge in [-0.25, -0.2) is 0 Å². The molecule has 94 valence electrons. The predicted octanol–water partition coefficient (Wildman–Crippen LogP) is 2.44. The topological polar surface area (TPSA) is 64.4 Å². The van der Waals surface area contributed by atoms with Gasteiger partial charge in [-0.1, -0.05) is 15.9 Å². The Bertz CT molecular complexity index is 438. The smallest absolute Gasteiger partial charge is 0.311 e. The highest BCUT2D eigenvalue weighted by Crippen LogP contribution is 2.33. The van der Waals surface area contributed by atoms with Gasteiger partial charge in [-0.3, -0.25) is 10.1 Å². The summed E-state index contributed by atoms with van der Waals surface area (Å²) in [5.41, 5.74) is 0.846. The molecule has 0 saturated carbocycles. The summed E-state index contributed by atoms with van der Waals surface area (Å²) in [5, 5.41) is 13.9. The maximum Gasteiger partial charge on any atom is 0.311 e. The Morgan fingerprint density at radius 2 is 2.18 bits per heavy atom. The first-order valence-corrected chi connectivity index (χ1v) is 5.69. The molecule has 0 radical (unpaired) electrons. The van der Waals surface area contributed by atoms with Gasteiger partial charge in [0.05, 0.1) is 4.92 Å². The van der Waals surface area contributed by atoms with Gasteiger partial charge in [0.25, 0.3) is 0 Å². The van der Waals surface area contributed by atoms with E-state index < -0.39 is 4.92 Å². The van der Waals surface area contributed by atoms with E-state index in [1.165, 1.54) is 6.07 Å². The van der Waals surface area contributed by atoms with Gasteiger partial charge in [0.2, 0.25) is 0 Å². The number of hydrogen-bond acceptors (Lipinski definition) is 4. The first-order valence-electron chi connectivity index (χ1n) is 4.90. The fourth-order valence-corrected chi connectivity index (χ4v) is 1.73. The molecule has 0 amide bonds. The standard InChI is InChI=1S/C10H11BrN2O3.ClH/c1-6-2-9(13(14)15)10(3-8(6)11)16-7-4-12-5-7;/h2-3,7,12H,4-5H2,1H3;1H. The lowest BCUT2D eigenvalue weighted by atomic mass is 10.2. The van der Waals surface area contributed by atoms with Crippen LogP contribution in [-0.4, -0.2) is 24.1 Å². The van der Waals surface area contributed by atoms with E-state index in [4.69, 9.17) is 4.74 Å². The third-order valence-corrected chi connectivity index (χ3v) is 3.33. The van der Waals surface area contributed by atoms with Gasteiger partial charge in [0.1, 0.15) is 6.10 Å². The zero-order valence-corrected chi connectivity index (χ0v) is 11.5. The molecule has 0 unspecified atom stereocenters. The van der Waals surface area contributed by atoms with Crippen molar-refractivity contribution in [1.82, 2.24) is 5.32 Å². The highest BCUT2D eigenvalue weighted by atomic mass is 79.9. The number of nitrogens with one attached hydrogen (secondary N) is 1. The molecule has 1 saturated heterocycles. The van der Waals surface area contributed by atoms with Gasteiger partial charge in [-0.05, 0) is 12.5 Å². The lowest BCUT2D eigenvalue weighted by Gasteiger charge is -2.27. The number of aryl methyl sites for hydroxylation is 1. The molecule has 1 heterocycles. The van der Waals surface area contributed by atoms with Gasteiger partial charge in [0.15, 0.2) is 5.75 Å². The van der Waals surface area contributed by atoms with Crippen LogP contribution in [0.25, 0.3) is 0 Å². The number of hydrogen-bond donors (Lipinski definition) is 1. The fraction of sp³-hybridized carbons (Fsp3) is 0.400. The number of ether oxygens (including phenoxy) is 1. The fourth-order valence-electron chi connectivity index (χ4n) is 1.41. The quantitative estimate of drug-likeness (QED) is 0.685. The van der Waals surface area contributed by atoms with E-state index in [9.17, 15) is 10.1 Å². The van der Waals surface area contributed by atoms with Gasteiger partial charge in [-0.2, -0.15) is 0 Å². The molecule has 0 aromatic heterocycles. The molecule has 0 bridgehead atoms. The van der Waals surface area contributed by atoms with Crippen LogP contribution in [0.2, 0.25) is 0 Å². The van der Waals surface area contributed by atoms with Crippen LogP contribution < -0.4 is 10.1 Å². The first kappa shape index (κ1) is 14.2. The lowest BCUT2D eigenvalue weighted by molar-refractivity contribution is -0.386. The summed E-state index contributed by atoms with van der Waals surface area (Å²) in [4.78, 5) is 10.5. The molecule has 5 nitrogen and oxygen atoms in total. The van der Waals surface area contributed by atoms with E-state index in [0.717, 1.165) is 23.1 Å². The van der Waals surface area contributed by atoms with Crippen molar-refractivity contribution in [3.8, 4) is 5.75 Å². The Labute approximate surface area is 113 Å². The van der Waals surface area contributed by atoms with Crippen molar-refractivity contribution in [2.45, 2.75) is 13.0 Å². The third kappa shape index (κ3) is 3.08. The molecule has 1 aliphatic rings. The van der Waals surface area contributed by atoms with Crippen LogP contribution in [0, 0.1) is 17.0 Å². The zero-order chi connectivity index (χ0) is 11.7. The summed E-state index contributed by atoms with van der Waals surface area (Å²) in [6.07, 6.45) is 0.0355. The Kier molecular flexibility index (Phi) is 4.73. The summed E-state index contributed by atoms with van der Waals surface area (Å²) < 4.78 is 6.36. The molecule has 2 rings (SSSR count). The molecular weight excluding hydrogens is 311 g/mol.